The fourth-order valence-electron chi connectivity index (χ4n) is 0.875. The maximum Gasteiger partial charge on any atom is 0.189 e. The zero-order valence-electron chi connectivity index (χ0n) is 9.03. The van der Waals surface area contributed by atoms with Crippen molar-refractivity contribution in [1.82, 2.24) is 14.9 Å². The van der Waals surface area contributed by atoms with Crippen molar-refractivity contribution in [3.05, 3.63) is 11.2 Å². The predicted octanol–water partition coefficient (Wildman–Crippen LogP) is 2.51. The Bertz CT molecular complexity index is 320. The molecule has 84 valence electrons. The quantitative estimate of drug-likeness (QED) is 0.463. The first-order valence-electron chi connectivity index (χ1n) is 4.48. The maximum atomic E-state index is 5.88. The van der Waals surface area contributed by atoms with Gasteiger partial charge in [0.25, 0.3) is 0 Å². The summed E-state index contributed by atoms with van der Waals surface area (Å²) in [6.45, 7) is 1.03. The van der Waals surface area contributed by atoms with E-state index in [4.69, 9.17) is 11.6 Å². The number of halogens is 1. The van der Waals surface area contributed by atoms with E-state index in [-0.39, 0.29) is 0 Å². The molecule has 15 heavy (non-hydrogen) atoms. The van der Waals surface area contributed by atoms with E-state index >= 15 is 0 Å². The molecule has 0 aliphatic rings. The van der Waals surface area contributed by atoms with E-state index in [1.807, 2.05) is 12.3 Å². The van der Waals surface area contributed by atoms with Gasteiger partial charge in [-0.3, -0.25) is 0 Å². The fourth-order valence-corrected chi connectivity index (χ4v) is 2.62. The van der Waals surface area contributed by atoms with Crippen molar-refractivity contribution in [2.45, 2.75) is 10.2 Å². The van der Waals surface area contributed by atoms with Gasteiger partial charge in [0.2, 0.25) is 0 Å². The molecule has 3 nitrogen and oxygen atoms in total. The highest BCUT2D eigenvalue weighted by molar-refractivity contribution is 7.99. The lowest BCUT2D eigenvalue weighted by molar-refractivity contribution is 0.437. The molecule has 0 N–H and O–H groups in total. The van der Waals surface area contributed by atoms with Crippen molar-refractivity contribution >= 4 is 35.1 Å². The third-order valence-electron chi connectivity index (χ3n) is 1.62. The summed E-state index contributed by atoms with van der Waals surface area (Å²) in [6.07, 6.45) is 1.94. The molecular formula is C9H14ClN3S2. The second-order valence-corrected chi connectivity index (χ2v) is 5.44. The molecule has 0 radical (unpaired) electrons. The lowest BCUT2D eigenvalue weighted by Crippen LogP contribution is -2.14. The molecule has 0 saturated carbocycles. The van der Waals surface area contributed by atoms with E-state index in [2.05, 4.69) is 29.0 Å². The molecule has 0 aliphatic carbocycles. The van der Waals surface area contributed by atoms with Gasteiger partial charge in [-0.2, -0.15) is 0 Å². The number of thioether (sulfide) groups is 2. The highest BCUT2D eigenvalue weighted by atomic mass is 35.5. The van der Waals surface area contributed by atoms with Crippen molar-refractivity contribution in [2.24, 2.45) is 0 Å². The second kappa shape index (κ2) is 6.58. The Kier molecular flexibility index (Phi) is 5.74. The van der Waals surface area contributed by atoms with Crippen LogP contribution in [0.4, 0.5) is 0 Å². The van der Waals surface area contributed by atoms with Gasteiger partial charge in [0.15, 0.2) is 5.16 Å². The van der Waals surface area contributed by atoms with Gasteiger partial charge < -0.3 is 4.90 Å². The van der Waals surface area contributed by atoms with Gasteiger partial charge in [-0.15, -0.1) is 11.8 Å². The third kappa shape index (κ3) is 5.06. The number of nitrogens with zero attached hydrogens (tertiary/aromatic N) is 3. The molecule has 6 heteroatoms. The number of aromatic nitrogens is 2. The zero-order valence-corrected chi connectivity index (χ0v) is 11.4. The summed E-state index contributed by atoms with van der Waals surface area (Å²) < 4.78 is 0. The lowest BCUT2D eigenvalue weighted by atomic mass is 10.7. The van der Waals surface area contributed by atoms with Crippen molar-refractivity contribution in [3.63, 3.8) is 0 Å². The standard InChI is InChI=1S/C9H14ClN3S2/c1-13(2)4-5-15-8-6-7(10)11-9(12-8)14-3/h6H,4-5H2,1-3H3. The van der Waals surface area contributed by atoms with E-state index in [1.165, 1.54) is 11.8 Å². The highest BCUT2D eigenvalue weighted by Gasteiger charge is 2.03. The average molecular weight is 264 g/mol. The van der Waals surface area contributed by atoms with Crippen LogP contribution in [0.3, 0.4) is 0 Å². The van der Waals surface area contributed by atoms with E-state index in [1.54, 1.807) is 11.8 Å². The largest absolute Gasteiger partial charge is 0.309 e. The van der Waals surface area contributed by atoms with Crippen LogP contribution in [0.5, 0.6) is 0 Å². The smallest absolute Gasteiger partial charge is 0.189 e. The Morgan fingerprint density at radius 3 is 2.73 bits per heavy atom. The Labute approximate surface area is 104 Å². The molecular weight excluding hydrogens is 250 g/mol. The summed E-state index contributed by atoms with van der Waals surface area (Å²) in [6, 6.07) is 1.81. The van der Waals surface area contributed by atoms with Crippen LogP contribution in [0, 0.1) is 0 Å². The van der Waals surface area contributed by atoms with Gasteiger partial charge in [-0.05, 0) is 20.4 Å². The number of hydrogen-bond acceptors (Lipinski definition) is 5. The molecule has 0 saturated heterocycles. The second-order valence-electron chi connectivity index (χ2n) is 3.17. The minimum absolute atomic E-state index is 0.515. The Morgan fingerprint density at radius 1 is 1.40 bits per heavy atom. The average Bonchev–Trinajstić information content (AvgIpc) is 2.16. The lowest BCUT2D eigenvalue weighted by Gasteiger charge is -2.08. The predicted molar refractivity (Wildman–Crippen MR) is 68.1 cm³/mol. The molecule has 0 aliphatic heterocycles. The van der Waals surface area contributed by atoms with Crippen LogP contribution < -0.4 is 0 Å². The molecule has 1 aromatic rings. The summed E-state index contributed by atoms with van der Waals surface area (Å²) in [5.74, 6) is 1.01. The zero-order chi connectivity index (χ0) is 11.3. The normalized spacial score (nSPS) is 11.0. The van der Waals surface area contributed by atoms with Gasteiger partial charge in [-0.25, -0.2) is 9.97 Å². The molecule has 1 aromatic heterocycles. The molecule has 0 unspecified atom stereocenters. The van der Waals surface area contributed by atoms with Gasteiger partial charge >= 0.3 is 0 Å². The fraction of sp³-hybridized carbons (Fsp3) is 0.556. The number of rotatable bonds is 5. The molecule has 0 fully saturated rings. The Morgan fingerprint density at radius 2 is 2.13 bits per heavy atom. The van der Waals surface area contributed by atoms with Crippen LogP contribution in [-0.4, -0.2) is 47.5 Å². The number of hydrogen-bond donors (Lipinski definition) is 0. The van der Waals surface area contributed by atoms with E-state index in [0.717, 1.165) is 22.5 Å². The summed E-state index contributed by atoms with van der Waals surface area (Å²) in [5.41, 5.74) is 0. The minimum Gasteiger partial charge on any atom is -0.309 e. The topological polar surface area (TPSA) is 29.0 Å². The van der Waals surface area contributed by atoms with Gasteiger partial charge in [0.05, 0.1) is 0 Å². The van der Waals surface area contributed by atoms with E-state index < -0.39 is 0 Å². The Balaban J connectivity index is 2.56. The molecule has 0 aromatic carbocycles. The first-order chi connectivity index (χ1) is 7.11. The molecule has 0 bridgehead atoms. The first kappa shape index (κ1) is 13.1. The van der Waals surface area contributed by atoms with Crippen LogP contribution in [0.1, 0.15) is 0 Å². The van der Waals surface area contributed by atoms with E-state index in [0.29, 0.717) is 5.15 Å². The Hall–Kier alpha value is 0.0300. The minimum atomic E-state index is 0.515. The maximum absolute atomic E-state index is 5.88. The van der Waals surface area contributed by atoms with Gasteiger partial charge in [-0.1, -0.05) is 23.4 Å². The van der Waals surface area contributed by atoms with Crippen LogP contribution in [0.15, 0.2) is 16.2 Å². The van der Waals surface area contributed by atoms with E-state index in [9.17, 15) is 0 Å². The molecule has 0 spiro atoms. The van der Waals surface area contributed by atoms with Crippen molar-refractivity contribution in [3.8, 4) is 0 Å². The third-order valence-corrected chi connectivity index (χ3v) is 3.25. The van der Waals surface area contributed by atoms with Crippen LogP contribution in [0.2, 0.25) is 5.15 Å². The molecule has 0 amide bonds. The molecule has 1 rings (SSSR count). The van der Waals surface area contributed by atoms with Gasteiger partial charge in [0, 0.05) is 18.4 Å². The summed E-state index contributed by atoms with van der Waals surface area (Å²) >= 11 is 9.09. The van der Waals surface area contributed by atoms with Crippen molar-refractivity contribution in [1.29, 1.82) is 0 Å². The van der Waals surface area contributed by atoms with Crippen LogP contribution in [0.25, 0.3) is 0 Å². The van der Waals surface area contributed by atoms with Crippen molar-refractivity contribution in [2.75, 3.05) is 32.6 Å². The molecule has 0 atom stereocenters. The highest BCUT2D eigenvalue weighted by Crippen LogP contribution is 2.21. The van der Waals surface area contributed by atoms with Crippen molar-refractivity contribution < 1.29 is 0 Å². The molecule has 1 heterocycles. The monoisotopic (exact) mass is 263 g/mol. The summed E-state index contributed by atoms with van der Waals surface area (Å²) in [7, 11) is 4.11. The van der Waals surface area contributed by atoms with Crippen LogP contribution >= 0.6 is 35.1 Å². The van der Waals surface area contributed by atoms with Gasteiger partial charge in [0.1, 0.15) is 10.2 Å². The summed E-state index contributed by atoms with van der Waals surface area (Å²) in [5, 5.41) is 2.19. The summed E-state index contributed by atoms with van der Waals surface area (Å²) in [4.78, 5) is 10.6. The SMILES string of the molecule is CSc1nc(Cl)cc(SCCN(C)C)n1. The van der Waals surface area contributed by atoms with Crippen LogP contribution in [-0.2, 0) is 0 Å². The first-order valence-corrected chi connectivity index (χ1v) is 7.06.